The number of anilines is 2. The number of aryl methyl sites for hydroxylation is 3. The molecule has 0 aliphatic carbocycles. The fourth-order valence-electron chi connectivity index (χ4n) is 1.63. The summed E-state index contributed by atoms with van der Waals surface area (Å²) in [5.74, 6) is -0.213. The minimum Gasteiger partial charge on any atom is -0.398 e. The number of rotatable bonds is 2. The molecular formula is C12H14N4OS. The number of nitrogen functional groups attached to an aromatic ring is 1. The Hall–Kier alpha value is -1.95. The first-order valence-electron chi connectivity index (χ1n) is 5.45. The lowest BCUT2D eigenvalue weighted by Crippen LogP contribution is -2.14. The number of nitrogens with one attached hydrogen (secondary N) is 1. The van der Waals surface area contributed by atoms with Crippen LogP contribution in [-0.2, 0) is 0 Å². The van der Waals surface area contributed by atoms with Gasteiger partial charge in [-0.15, -0.1) is 10.2 Å². The van der Waals surface area contributed by atoms with E-state index in [1.165, 1.54) is 11.3 Å². The van der Waals surface area contributed by atoms with Gasteiger partial charge in [-0.1, -0.05) is 17.4 Å². The number of hydrogen-bond donors (Lipinski definition) is 2. The van der Waals surface area contributed by atoms with Gasteiger partial charge in [-0.05, 0) is 38.0 Å². The van der Waals surface area contributed by atoms with Gasteiger partial charge in [0.1, 0.15) is 5.01 Å². The number of amides is 1. The minimum absolute atomic E-state index is 0.213. The number of nitrogens with two attached hydrogens (primary N) is 1. The summed E-state index contributed by atoms with van der Waals surface area (Å²) in [6, 6.07) is 3.59. The highest BCUT2D eigenvalue weighted by Gasteiger charge is 2.13. The van der Waals surface area contributed by atoms with Crippen molar-refractivity contribution in [2.75, 3.05) is 11.1 Å². The average Bonchev–Trinajstić information content (AvgIpc) is 2.69. The van der Waals surface area contributed by atoms with Crippen molar-refractivity contribution in [3.05, 3.63) is 33.8 Å². The lowest BCUT2D eigenvalue weighted by molar-refractivity contribution is 0.102. The summed E-state index contributed by atoms with van der Waals surface area (Å²) in [4.78, 5) is 12.1. The first-order valence-corrected chi connectivity index (χ1v) is 6.27. The lowest BCUT2D eigenvalue weighted by atomic mass is 10.0. The molecule has 0 spiro atoms. The summed E-state index contributed by atoms with van der Waals surface area (Å²) in [5.41, 5.74) is 8.85. The van der Waals surface area contributed by atoms with Gasteiger partial charge in [-0.3, -0.25) is 10.1 Å². The van der Waals surface area contributed by atoms with Crippen molar-refractivity contribution in [3.63, 3.8) is 0 Å². The van der Waals surface area contributed by atoms with Crippen LogP contribution in [0, 0.1) is 20.8 Å². The molecule has 2 rings (SSSR count). The number of hydrogen-bond acceptors (Lipinski definition) is 5. The lowest BCUT2D eigenvalue weighted by Gasteiger charge is -2.08. The third kappa shape index (κ3) is 2.48. The summed E-state index contributed by atoms with van der Waals surface area (Å²) in [6.07, 6.45) is 0. The zero-order valence-electron chi connectivity index (χ0n) is 10.4. The van der Waals surface area contributed by atoms with Gasteiger partial charge in [0.15, 0.2) is 0 Å². The molecule has 0 bridgehead atoms. The van der Waals surface area contributed by atoms with E-state index in [2.05, 4.69) is 15.5 Å². The van der Waals surface area contributed by atoms with Crippen molar-refractivity contribution in [3.8, 4) is 0 Å². The summed E-state index contributed by atoms with van der Waals surface area (Å²) < 4.78 is 0. The number of aromatic nitrogens is 2. The molecule has 0 saturated heterocycles. The van der Waals surface area contributed by atoms with E-state index in [0.717, 1.165) is 16.1 Å². The second-order valence-electron chi connectivity index (χ2n) is 4.10. The molecule has 94 valence electrons. The van der Waals surface area contributed by atoms with E-state index in [4.69, 9.17) is 5.73 Å². The first kappa shape index (κ1) is 12.5. The molecule has 0 saturated carbocycles. The van der Waals surface area contributed by atoms with Gasteiger partial charge in [-0.25, -0.2) is 0 Å². The molecular weight excluding hydrogens is 248 g/mol. The normalized spacial score (nSPS) is 10.4. The van der Waals surface area contributed by atoms with Crippen molar-refractivity contribution in [1.29, 1.82) is 0 Å². The third-order valence-electron chi connectivity index (χ3n) is 2.60. The molecule has 2 aromatic rings. The predicted molar refractivity (Wildman–Crippen MR) is 72.9 cm³/mol. The predicted octanol–water partition coefficient (Wildman–Crippen LogP) is 2.30. The maximum atomic E-state index is 12.1. The Bertz CT molecular complexity index is 606. The van der Waals surface area contributed by atoms with Crippen LogP contribution < -0.4 is 11.1 Å². The minimum atomic E-state index is -0.213. The second-order valence-corrected chi connectivity index (χ2v) is 5.29. The molecule has 3 N–H and O–H groups in total. The van der Waals surface area contributed by atoms with E-state index in [9.17, 15) is 4.79 Å². The quantitative estimate of drug-likeness (QED) is 0.814. The monoisotopic (exact) mass is 262 g/mol. The Kier molecular flexibility index (Phi) is 3.29. The van der Waals surface area contributed by atoms with Crippen LogP contribution in [0.25, 0.3) is 0 Å². The summed E-state index contributed by atoms with van der Waals surface area (Å²) in [6.45, 7) is 5.63. The van der Waals surface area contributed by atoms with E-state index in [1.54, 1.807) is 6.07 Å². The maximum absolute atomic E-state index is 12.1. The number of nitrogens with zero attached hydrogens (tertiary/aromatic N) is 2. The molecule has 0 aliphatic rings. The van der Waals surface area contributed by atoms with Crippen molar-refractivity contribution in [2.24, 2.45) is 0 Å². The van der Waals surface area contributed by atoms with E-state index < -0.39 is 0 Å². The zero-order valence-corrected chi connectivity index (χ0v) is 11.3. The van der Waals surface area contributed by atoms with E-state index >= 15 is 0 Å². The summed E-state index contributed by atoms with van der Waals surface area (Å²) >= 11 is 1.34. The summed E-state index contributed by atoms with van der Waals surface area (Å²) in [7, 11) is 0. The van der Waals surface area contributed by atoms with Crippen LogP contribution >= 0.6 is 11.3 Å². The molecule has 5 nitrogen and oxygen atoms in total. The van der Waals surface area contributed by atoms with Crippen molar-refractivity contribution >= 4 is 28.1 Å². The van der Waals surface area contributed by atoms with Crippen LogP contribution in [0.3, 0.4) is 0 Å². The molecule has 1 aromatic heterocycles. The van der Waals surface area contributed by atoms with Crippen LogP contribution in [0.5, 0.6) is 0 Å². The molecule has 1 amide bonds. The van der Waals surface area contributed by atoms with Gasteiger partial charge in [-0.2, -0.15) is 0 Å². The van der Waals surface area contributed by atoms with Gasteiger partial charge in [0.05, 0.1) is 0 Å². The second kappa shape index (κ2) is 4.73. The molecule has 18 heavy (non-hydrogen) atoms. The molecule has 0 fully saturated rings. The number of carbonyl (C=O) groups excluding carboxylic acids is 1. The van der Waals surface area contributed by atoms with Gasteiger partial charge in [0, 0.05) is 11.3 Å². The molecule has 0 radical (unpaired) electrons. The Morgan fingerprint density at radius 1 is 1.22 bits per heavy atom. The van der Waals surface area contributed by atoms with Gasteiger partial charge >= 0.3 is 0 Å². The highest BCUT2D eigenvalue weighted by atomic mass is 32.1. The Labute approximate surface area is 109 Å². The van der Waals surface area contributed by atoms with Gasteiger partial charge in [0.25, 0.3) is 5.91 Å². The van der Waals surface area contributed by atoms with Gasteiger partial charge in [0.2, 0.25) is 5.13 Å². The molecule has 0 aliphatic heterocycles. The van der Waals surface area contributed by atoms with Crippen LogP contribution in [0.1, 0.15) is 26.5 Å². The molecule has 6 heteroatoms. The van der Waals surface area contributed by atoms with Gasteiger partial charge < -0.3 is 5.73 Å². The largest absolute Gasteiger partial charge is 0.398 e. The van der Waals surface area contributed by atoms with E-state index in [0.29, 0.717) is 16.4 Å². The fraction of sp³-hybridized carbons (Fsp3) is 0.250. The van der Waals surface area contributed by atoms with Crippen LogP contribution in [0.2, 0.25) is 0 Å². The SMILES string of the molecule is Cc1nnc(NC(=O)c2cc(N)c(C)cc2C)s1. The van der Waals surface area contributed by atoms with E-state index in [-0.39, 0.29) is 5.91 Å². The average molecular weight is 262 g/mol. The Morgan fingerprint density at radius 2 is 1.94 bits per heavy atom. The third-order valence-corrected chi connectivity index (χ3v) is 3.36. The highest BCUT2D eigenvalue weighted by molar-refractivity contribution is 7.15. The van der Waals surface area contributed by atoms with Crippen molar-refractivity contribution in [2.45, 2.75) is 20.8 Å². The highest BCUT2D eigenvalue weighted by Crippen LogP contribution is 2.20. The standard InChI is InChI=1S/C12H14N4OS/c1-6-4-7(2)10(13)5-9(6)11(17)14-12-16-15-8(3)18-12/h4-5H,13H2,1-3H3,(H,14,16,17). The smallest absolute Gasteiger partial charge is 0.257 e. The van der Waals surface area contributed by atoms with E-state index in [1.807, 2.05) is 26.8 Å². The van der Waals surface area contributed by atoms with Crippen molar-refractivity contribution in [1.82, 2.24) is 10.2 Å². The Morgan fingerprint density at radius 3 is 2.56 bits per heavy atom. The fourth-order valence-corrected chi connectivity index (χ4v) is 2.21. The Balaban J connectivity index is 2.26. The van der Waals surface area contributed by atoms with Crippen molar-refractivity contribution < 1.29 is 4.79 Å². The number of carbonyl (C=O) groups is 1. The molecule has 0 unspecified atom stereocenters. The van der Waals surface area contributed by atoms with Crippen LogP contribution in [0.15, 0.2) is 12.1 Å². The molecule has 0 atom stereocenters. The molecule has 1 heterocycles. The summed E-state index contributed by atoms with van der Waals surface area (Å²) in [5, 5.41) is 11.7. The molecule has 1 aromatic carbocycles. The maximum Gasteiger partial charge on any atom is 0.257 e. The zero-order chi connectivity index (χ0) is 13.3. The number of benzene rings is 1. The van der Waals surface area contributed by atoms with Crippen LogP contribution in [0.4, 0.5) is 10.8 Å². The van der Waals surface area contributed by atoms with Crippen LogP contribution in [-0.4, -0.2) is 16.1 Å². The topological polar surface area (TPSA) is 80.9 Å². The first-order chi connectivity index (χ1) is 8.47.